The molecule has 126 valence electrons. The van der Waals surface area contributed by atoms with Crippen LogP contribution in [0.5, 0.6) is 5.75 Å². The first-order chi connectivity index (χ1) is 11.6. The molecule has 7 nitrogen and oxygen atoms in total. The van der Waals surface area contributed by atoms with Crippen molar-refractivity contribution in [3.05, 3.63) is 41.6 Å². The fourth-order valence-electron chi connectivity index (χ4n) is 3.25. The van der Waals surface area contributed by atoms with Gasteiger partial charge in [-0.05, 0) is 6.07 Å². The molecule has 3 atom stereocenters. The maximum absolute atomic E-state index is 12.9. The summed E-state index contributed by atoms with van der Waals surface area (Å²) in [5.74, 6) is 1.69. The van der Waals surface area contributed by atoms with Crippen LogP contribution in [0.3, 0.4) is 0 Å². The highest BCUT2D eigenvalue weighted by Gasteiger charge is 2.40. The smallest absolute Gasteiger partial charge is 0.264 e. The van der Waals surface area contributed by atoms with Gasteiger partial charge in [0.2, 0.25) is 11.8 Å². The summed E-state index contributed by atoms with van der Waals surface area (Å²) in [7, 11) is 0. The third-order valence-corrected chi connectivity index (χ3v) is 4.56. The maximum atomic E-state index is 12.9. The first-order valence-electron chi connectivity index (χ1n) is 8.09. The van der Waals surface area contributed by atoms with E-state index in [1.165, 1.54) is 0 Å². The van der Waals surface area contributed by atoms with E-state index in [1.807, 2.05) is 31.2 Å². The lowest BCUT2D eigenvalue weighted by Crippen LogP contribution is -2.48. The summed E-state index contributed by atoms with van der Waals surface area (Å²) in [4.78, 5) is 14.7. The zero-order valence-corrected chi connectivity index (χ0v) is 13.6. The van der Waals surface area contributed by atoms with E-state index in [9.17, 15) is 4.79 Å². The van der Waals surface area contributed by atoms with E-state index in [4.69, 9.17) is 13.9 Å². The van der Waals surface area contributed by atoms with Crippen LogP contribution in [0.1, 0.15) is 36.3 Å². The summed E-state index contributed by atoms with van der Waals surface area (Å²) in [6.07, 6.45) is -0.881. The van der Waals surface area contributed by atoms with E-state index >= 15 is 0 Å². The number of carbonyl (C=O) groups excluding carboxylic acids is 1. The number of hydrogen-bond donors (Lipinski definition) is 0. The van der Waals surface area contributed by atoms with Gasteiger partial charge >= 0.3 is 0 Å². The number of nitrogens with zero attached hydrogens (tertiary/aromatic N) is 3. The van der Waals surface area contributed by atoms with Crippen LogP contribution in [0.2, 0.25) is 0 Å². The fourth-order valence-corrected chi connectivity index (χ4v) is 3.25. The minimum absolute atomic E-state index is 0.0248. The van der Waals surface area contributed by atoms with E-state index in [1.54, 1.807) is 11.8 Å². The Morgan fingerprint density at radius 1 is 1.29 bits per heavy atom. The maximum Gasteiger partial charge on any atom is 0.264 e. The van der Waals surface area contributed by atoms with Crippen molar-refractivity contribution in [2.45, 2.75) is 32.0 Å². The Bertz CT molecular complexity index is 760. The molecule has 0 radical (unpaired) electrons. The SMILES string of the molecule is Cc1nnc([C@@H]2CN(C(=O)[C@H]3Oc4ccccc4[C@@H]3C)CCO2)o1. The van der Waals surface area contributed by atoms with Crippen LogP contribution in [0.4, 0.5) is 0 Å². The molecule has 1 aromatic heterocycles. The third-order valence-electron chi connectivity index (χ3n) is 4.56. The molecule has 1 fully saturated rings. The summed E-state index contributed by atoms with van der Waals surface area (Å²) in [5.41, 5.74) is 1.08. The molecule has 2 aliphatic rings. The number of benzene rings is 1. The van der Waals surface area contributed by atoms with Crippen molar-refractivity contribution < 1.29 is 18.7 Å². The van der Waals surface area contributed by atoms with Crippen LogP contribution in [-0.2, 0) is 9.53 Å². The molecule has 4 rings (SSSR count). The van der Waals surface area contributed by atoms with Gasteiger partial charge in [0.15, 0.2) is 12.2 Å². The van der Waals surface area contributed by atoms with Crippen LogP contribution >= 0.6 is 0 Å². The summed E-state index contributed by atoms with van der Waals surface area (Å²) in [6.45, 7) is 5.11. The molecule has 24 heavy (non-hydrogen) atoms. The van der Waals surface area contributed by atoms with Crippen LogP contribution in [-0.4, -0.2) is 46.8 Å². The first kappa shape index (κ1) is 15.1. The second-order valence-electron chi connectivity index (χ2n) is 6.17. The molecule has 1 amide bonds. The summed E-state index contributed by atoms with van der Waals surface area (Å²) < 4.78 is 17.0. The summed E-state index contributed by atoms with van der Waals surface area (Å²) >= 11 is 0. The number of carbonyl (C=O) groups is 1. The predicted octanol–water partition coefficient (Wildman–Crippen LogP) is 1.84. The van der Waals surface area contributed by atoms with Gasteiger partial charge in [-0.1, -0.05) is 25.1 Å². The number of para-hydroxylation sites is 1. The Morgan fingerprint density at radius 3 is 2.88 bits per heavy atom. The van der Waals surface area contributed by atoms with E-state index in [0.29, 0.717) is 31.5 Å². The molecular formula is C17H19N3O4. The average molecular weight is 329 g/mol. The van der Waals surface area contributed by atoms with Gasteiger partial charge in [-0.15, -0.1) is 10.2 Å². The van der Waals surface area contributed by atoms with Gasteiger partial charge < -0.3 is 18.8 Å². The van der Waals surface area contributed by atoms with E-state index < -0.39 is 6.10 Å². The highest BCUT2D eigenvalue weighted by molar-refractivity contribution is 5.83. The predicted molar refractivity (Wildman–Crippen MR) is 83.6 cm³/mol. The van der Waals surface area contributed by atoms with Gasteiger partial charge in [0.1, 0.15) is 5.75 Å². The van der Waals surface area contributed by atoms with Gasteiger partial charge in [-0.3, -0.25) is 4.79 Å². The average Bonchev–Trinajstić information content (AvgIpc) is 3.19. The van der Waals surface area contributed by atoms with Gasteiger partial charge in [-0.25, -0.2) is 0 Å². The second-order valence-corrected chi connectivity index (χ2v) is 6.17. The van der Waals surface area contributed by atoms with Crippen molar-refractivity contribution in [2.75, 3.05) is 19.7 Å². The van der Waals surface area contributed by atoms with Crippen LogP contribution in [0.25, 0.3) is 0 Å². The molecular weight excluding hydrogens is 310 g/mol. The Balaban J connectivity index is 1.49. The largest absolute Gasteiger partial charge is 0.480 e. The molecule has 0 unspecified atom stereocenters. The molecule has 0 spiro atoms. The number of amides is 1. The fraction of sp³-hybridized carbons (Fsp3) is 0.471. The standard InChI is InChI=1S/C17H19N3O4/c1-10-12-5-3-4-6-13(12)24-15(10)17(21)20-7-8-22-14(9-20)16-19-18-11(2)23-16/h3-6,10,14-15H,7-9H2,1-2H3/t10-,14-,15-/m0/s1. The minimum atomic E-state index is -0.495. The number of morpholine rings is 1. The highest BCUT2D eigenvalue weighted by atomic mass is 16.5. The lowest BCUT2D eigenvalue weighted by atomic mass is 9.96. The molecule has 2 aromatic rings. The van der Waals surface area contributed by atoms with Crippen molar-refractivity contribution in [1.29, 1.82) is 0 Å². The van der Waals surface area contributed by atoms with Gasteiger partial charge in [-0.2, -0.15) is 0 Å². The van der Waals surface area contributed by atoms with Crippen molar-refractivity contribution in [2.24, 2.45) is 0 Å². The Labute approximate surface area is 139 Å². The second kappa shape index (κ2) is 5.90. The molecule has 1 aromatic carbocycles. The minimum Gasteiger partial charge on any atom is -0.480 e. The van der Waals surface area contributed by atoms with E-state index in [-0.39, 0.29) is 17.9 Å². The molecule has 7 heteroatoms. The quantitative estimate of drug-likeness (QED) is 0.837. The van der Waals surface area contributed by atoms with Crippen molar-refractivity contribution in [1.82, 2.24) is 15.1 Å². The third kappa shape index (κ3) is 2.54. The van der Waals surface area contributed by atoms with Gasteiger partial charge in [0, 0.05) is 24.9 Å². The number of aromatic nitrogens is 2. The van der Waals surface area contributed by atoms with Gasteiger partial charge in [0.25, 0.3) is 5.91 Å². The summed E-state index contributed by atoms with van der Waals surface area (Å²) in [5, 5.41) is 7.82. The van der Waals surface area contributed by atoms with Crippen molar-refractivity contribution in [3.8, 4) is 5.75 Å². The molecule has 0 aliphatic carbocycles. The molecule has 2 aliphatic heterocycles. The highest BCUT2D eigenvalue weighted by Crippen LogP contribution is 2.38. The number of aryl methyl sites for hydroxylation is 1. The topological polar surface area (TPSA) is 77.7 Å². The van der Waals surface area contributed by atoms with Crippen LogP contribution in [0, 0.1) is 6.92 Å². The Morgan fingerprint density at radius 2 is 2.12 bits per heavy atom. The van der Waals surface area contributed by atoms with Crippen LogP contribution < -0.4 is 4.74 Å². The molecule has 0 bridgehead atoms. The molecule has 3 heterocycles. The first-order valence-corrected chi connectivity index (χ1v) is 8.09. The van der Waals surface area contributed by atoms with Crippen LogP contribution in [0.15, 0.2) is 28.7 Å². The zero-order chi connectivity index (χ0) is 16.7. The monoisotopic (exact) mass is 329 g/mol. The summed E-state index contributed by atoms with van der Waals surface area (Å²) in [6, 6.07) is 7.80. The Kier molecular flexibility index (Phi) is 3.72. The Hall–Kier alpha value is -2.41. The molecule has 0 N–H and O–H groups in total. The number of hydrogen-bond acceptors (Lipinski definition) is 6. The lowest BCUT2D eigenvalue weighted by Gasteiger charge is -2.33. The number of ether oxygens (including phenoxy) is 2. The number of rotatable bonds is 2. The van der Waals surface area contributed by atoms with E-state index in [0.717, 1.165) is 11.3 Å². The molecule has 0 saturated carbocycles. The number of fused-ring (bicyclic) bond motifs is 1. The van der Waals surface area contributed by atoms with Gasteiger partial charge in [0.05, 0.1) is 13.2 Å². The zero-order valence-electron chi connectivity index (χ0n) is 13.6. The van der Waals surface area contributed by atoms with E-state index in [2.05, 4.69) is 10.2 Å². The lowest BCUT2D eigenvalue weighted by molar-refractivity contribution is -0.147. The normalized spacial score (nSPS) is 26.1. The van der Waals surface area contributed by atoms with Crippen molar-refractivity contribution >= 4 is 5.91 Å². The molecule has 1 saturated heterocycles. The van der Waals surface area contributed by atoms with Crippen molar-refractivity contribution in [3.63, 3.8) is 0 Å².